The van der Waals surface area contributed by atoms with E-state index in [-0.39, 0.29) is 0 Å². The molecule has 0 amide bonds. The highest BCUT2D eigenvalue weighted by Crippen LogP contribution is 2.62. The molecule has 0 bridgehead atoms. The average molecular weight is 884 g/mol. The van der Waals surface area contributed by atoms with Gasteiger partial charge in [0.2, 0.25) is 0 Å². The van der Waals surface area contributed by atoms with Crippen LogP contribution in [0.25, 0.3) is 76.3 Å². The summed E-state index contributed by atoms with van der Waals surface area (Å²) in [6, 6.07) is 70.2. The van der Waals surface area contributed by atoms with E-state index in [1.807, 2.05) is 97.1 Å². The Balaban J connectivity index is 1.03. The minimum atomic E-state index is -3.49. The van der Waals surface area contributed by atoms with Crippen molar-refractivity contribution in [3.05, 3.63) is 229 Å². The van der Waals surface area contributed by atoms with Crippen LogP contribution in [0.15, 0.2) is 211 Å². The predicted octanol–water partition coefficient (Wildman–Crippen LogP) is 13.6. The average Bonchev–Trinajstić information content (AvgIpc) is 3.95. The second-order valence-corrected chi connectivity index (χ2v) is 20.7. The molecule has 5 heterocycles. The summed E-state index contributed by atoms with van der Waals surface area (Å²) in [7, 11) is -3.49. The molecule has 1 spiro atoms. The fourth-order valence-corrected chi connectivity index (χ4v) is 14.9. The Labute approximate surface area is 382 Å². The molecule has 6 nitrogen and oxygen atoms in total. The van der Waals surface area contributed by atoms with Crippen LogP contribution >= 0.6 is 18.5 Å². The normalized spacial score (nSPS) is 17.1. The van der Waals surface area contributed by atoms with Crippen LogP contribution in [-0.2, 0) is 9.98 Å². The molecule has 0 saturated heterocycles. The first-order valence-electron chi connectivity index (χ1n) is 21.9. The van der Waals surface area contributed by atoms with Crippen LogP contribution in [-0.4, -0.2) is 15.0 Å². The molecule has 0 aliphatic carbocycles. The lowest BCUT2D eigenvalue weighted by atomic mass is 9.63. The molecule has 14 rings (SSSR count). The smallest absolute Gasteiger partial charge is 0.171 e. The van der Waals surface area contributed by atoms with E-state index in [1.165, 1.54) is 20.2 Å². The molecular formula is C58H34N3O3PS. The Morgan fingerprint density at radius 1 is 0.409 bits per heavy atom. The minimum absolute atomic E-state index is 0.527. The van der Waals surface area contributed by atoms with Gasteiger partial charge in [0, 0.05) is 74.7 Å². The van der Waals surface area contributed by atoms with Crippen LogP contribution in [0, 0.1) is 0 Å². The van der Waals surface area contributed by atoms with Gasteiger partial charge in [0.15, 0.2) is 24.6 Å². The molecule has 2 atom stereocenters. The van der Waals surface area contributed by atoms with E-state index in [0.29, 0.717) is 28.8 Å². The van der Waals surface area contributed by atoms with Gasteiger partial charge >= 0.3 is 0 Å². The molecule has 2 aliphatic rings. The number of rotatable bonds is 4. The number of hydrogen-bond acceptors (Lipinski definition) is 7. The van der Waals surface area contributed by atoms with Crippen LogP contribution in [0.1, 0.15) is 22.3 Å². The van der Waals surface area contributed by atoms with E-state index in [2.05, 4.69) is 109 Å². The number of para-hydroxylation sites is 2. The third-order valence-electron chi connectivity index (χ3n) is 13.5. The first-order valence-corrected chi connectivity index (χ1v) is 24.5. The maximum atomic E-state index is 16.5. The molecular weight excluding hydrogens is 850 g/mol. The Hall–Kier alpha value is -7.96. The van der Waals surface area contributed by atoms with Gasteiger partial charge in [0.05, 0.1) is 5.41 Å². The van der Waals surface area contributed by atoms with Gasteiger partial charge in [-0.15, -0.1) is 11.3 Å². The van der Waals surface area contributed by atoms with Crippen molar-refractivity contribution in [1.29, 1.82) is 0 Å². The van der Waals surface area contributed by atoms with Crippen molar-refractivity contribution >= 4 is 76.5 Å². The fraction of sp³-hybridized carbons (Fsp3) is 0.0172. The van der Waals surface area contributed by atoms with Gasteiger partial charge in [0.25, 0.3) is 0 Å². The number of furan rings is 1. The molecule has 12 aromatic rings. The van der Waals surface area contributed by atoms with Crippen molar-refractivity contribution in [2.24, 2.45) is 0 Å². The molecule has 0 N–H and O–H groups in total. The van der Waals surface area contributed by atoms with Gasteiger partial charge in [-0.05, 0) is 53.6 Å². The molecule has 2 aliphatic heterocycles. The van der Waals surface area contributed by atoms with Crippen molar-refractivity contribution in [1.82, 2.24) is 15.0 Å². The van der Waals surface area contributed by atoms with Crippen LogP contribution in [0.2, 0.25) is 0 Å². The molecule has 0 fully saturated rings. The minimum Gasteiger partial charge on any atom is -0.457 e. The number of nitrogens with zero attached hydrogens (tertiary/aromatic N) is 3. The van der Waals surface area contributed by atoms with E-state index >= 15 is 4.57 Å². The first kappa shape index (κ1) is 37.4. The number of fused-ring (bicyclic) bond motifs is 14. The highest BCUT2D eigenvalue weighted by molar-refractivity contribution is 7.85. The largest absolute Gasteiger partial charge is 0.457 e. The van der Waals surface area contributed by atoms with Gasteiger partial charge in [-0.25, -0.2) is 15.0 Å². The van der Waals surface area contributed by atoms with Crippen molar-refractivity contribution in [2.75, 3.05) is 0 Å². The second-order valence-electron chi connectivity index (χ2n) is 17.0. The fourth-order valence-electron chi connectivity index (χ4n) is 10.6. The Morgan fingerprint density at radius 3 is 1.86 bits per heavy atom. The number of hydrogen-bond donors (Lipinski definition) is 0. The van der Waals surface area contributed by atoms with E-state index < -0.39 is 12.6 Å². The van der Waals surface area contributed by atoms with Gasteiger partial charge in [0.1, 0.15) is 22.7 Å². The van der Waals surface area contributed by atoms with Gasteiger partial charge < -0.3 is 13.7 Å². The zero-order valence-corrected chi connectivity index (χ0v) is 36.8. The number of aromatic nitrogens is 3. The molecule has 310 valence electrons. The van der Waals surface area contributed by atoms with Gasteiger partial charge in [-0.1, -0.05) is 164 Å². The molecule has 2 unspecified atom stereocenters. The highest BCUT2D eigenvalue weighted by atomic mass is 32.1. The molecule has 0 radical (unpaired) electrons. The second kappa shape index (κ2) is 14.0. The molecule has 66 heavy (non-hydrogen) atoms. The molecule has 9 aromatic carbocycles. The predicted molar refractivity (Wildman–Crippen MR) is 268 cm³/mol. The van der Waals surface area contributed by atoms with E-state index in [4.69, 9.17) is 24.1 Å². The monoisotopic (exact) mass is 883 g/mol. The third kappa shape index (κ3) is 5.24. The lowest BCUT2D eigenvalue weighted by Crippen LogP contribution is -2.47. The summed E-state index contributed by atoms with van der Waals surface area (Å²) in [4.78, 5) is 15.5. The number of ether oxygens (including phenoxy) is 1. The van der Waals surface area contributed by atoms with Crippen molar-refractivity contribution < 1.29 is 13.7 Å². The van der Waals surface area contributed by atoms with Crippen LogP contribution in [0.3, 0.4) is 0 Å². The van der Waals surface area contributed by atoms with Crippen LogP contribution in [0.4, 0.5) is 0 Å². The SMILES string of the molecule is O=P1(c2ccccc2)c2ccccc2C2(c3ccccc3Oc3cc(-c4nc(-c5ccccc5)nc(-c5ccc6c(c5)sc5ccccc56)n4)ccc32)c2cc3c(cc21)oc1ccccc13. The number of benzene rings is 9. The maximum absolute atomic E-state index is 16.5. The molecule has 3 aromatic heterocycles. The Morgan fingerprint density at radius 2 is 1.03 bits per heavy atom. The lowest BCUT2D eigenvalue weighted by Gasteiger charge is -2.47. The summed E-state index contributed by atoms with van der Waals surface area (Å²) in [6.07, 6.45) is 0. The Kier molecular flexibility index (Phi) is 7.95. The van der Waals surface area contributed by atoms with E-state index in [1.54, 1.807) is 11.3 Å². The quantitative estimate of drug-likeness (QED) is 0.164. The van der Waals surface area contributed by atoms with E-state index in [9.17, 15) is 0 Å². The topological polar surface area (TPSA) is 78.1 Å². The maximum Gasteiger partial charge on any atom is 0.171 e. The standard InChI is InChI=1S/C58H34N3O3PS/c62-65(38-17-5-2-6-18-38)51-25-13-10-22-45(51)58(46-33-42-39-19-7-11-23-47(39)63-49(42)34-52(46)65)43-21-9-12-24-48(43)64-50-31-36(28-30-44(50)58)56-59-55(35-15-3-1-4-16-35)60-57(61-56)37-27-29-41-40-20-8-14-26-53(40)66-54(41)32-37/h1-34H. The van der Waals surface area contributed by atoms with E-state index in [0.717, 1.165) is 77.0 Å². The zero-order chi connectivity index (χ0) is 43.6. The summed E-state index contributed by atoms with van der Waals surface area (Å²) in [5.41, 5.74) is 6.90. The summed E-state index contributed by atoms with van der Waals surface area (Å²) in [6.45, 7) is 0. The highest BCUT2D eigenvalue weighted by Gasteiger charge is 2.55. The summed E-state index contributed by atoms with van der Waals surface area (Å²) in [5, 5.41) is 6.72. The zero-order valence-electron chi connectivity index (χ0n) is 35.1. The van der Waals surface area contributed by atoms with Crippen molar-refractivity contribution in [2.45, 2.75) is 5.41 Å². The first-order chi connectivity index (χ1) is 32.6. The third-order valence-corrected chi connectivity index (χ3v) is 17.7. The molecule has 0 saturated carbocycles. The molecule has 8 heteroatoms. The van der Waals surface area contributed by atoms with Crippen molar-refractivity contribution in [3.63, 3.8) is 0 Å². The van der Waals surface area contributed by atoms with Gasteiger partial charge in [-0.3, -0.25) is 0 Å². The number of thiophene rings is 1. The van der Waals surface area contributed by atoms with Crippen LogP contribution in [0.5, 0.6) is 11.5 Å². The van der Waals surface area contributed by atoms with Crippen molar-refractivity contribution in [3.8, 4) is 45.7 Å². The summed E-state index contributed by atoms with van der Waals surface area (Å²) in [5.74, 6) is 3.07. The van der Waals surface area contributed by atoms with Gasteiger partial charge in [-0.2, -0.15) is 0 Å². The summed E-state index contributed by atoms with van der Waals surface area (Å²) < 4.78 is 32.6. The Bertz CT molecular complexity index is 4030. The van der Waals surface area contributed by atoms with Crippen LogP contribution < -0.4 is 20.7 Å². The lowest BCUT2D eigenvalue weighted by molar-refractivity contribution is 0.435. The summed E-state index contributed by atoms with van der Waals surface area (Å²) >= 11 is 1.77.